The van der Waals surface area contributed by atoms with E-state index in [9.17, 15) is 14.3 Å². The SMILES string of the molecule is Cc1nn2c(c1C(=O)O)NC(c1ccccc1F)CC2(C)C. The molecule has 2 aromatic rings. The third-order valence-corrected chi connectivity index (χ3v) is 4.14. The van der Waals surface area contributed by atoms with Gasteiger partial charge in [-0.2, -0.15) is 5.10 Å². The molecule has 0 amide bonds. The van der Waals surface area contributed by atoms with E-state index in [-0.39, 0.29) is 17.4 Å². The quantitative estimate of drug-likeness (QED) is 0.893. The molecule has 0 spiro atoms. The minimum absolute atomic E-state index is 0.147. The molecule has 0 radical (unpaired) electrons. The summed E-state index contributed by atoms with van der Waals surface area (Å²) in [7, 11) is 0. The fourth-order valence-electron chi connectivity index (χ4n) is 3.10. The highest BCUT2D eigenvalue weighted by Crippen LogP contribution is 2.41. The molecule has 5 nitrogen and oxygen atoms in total. The van der Waals surface area contributed by atoms with Crippen LogP contribution in [0.3, 0.4) is 0 Å². The second kappa shape index (κ2) is 4.83. The summed E-state index contributed by atoms with van der Waals surface area (Å²) >= 11 is 0. The number of fused-ring (bicyclic) bond motifs is 1. The maximum atomic E-state index is 14.1. The number of anilines is 1. The Morgan fingerprint density at radius 3 is 2.77 bits per heavy atom. The Bertz CT molecular complexity index is 752. The lowest BCUT2D eigenvalue weighted by Crippen LogP contribution is -2.38. The van der Waals surface area contributed by atoms with Gasteiger partial charge in [-0.05, 0) is 33.3 Å². The summed E-state index contributed by atoms with van der Waals surface area (Å²) in [4.78, 5) is 11.5. The lowest BCUT2D eigenvalue weighted by Gasteiger charge is -2.38. The third kappa shape index (κ3) is 2.15. The van der Waals surface area contributed by atoms with Crippen molar-refractivity contribution in [3.8, 4) is 0 Å². The van der Waals surface area contributed by atoms with Gasteiger partial charge in [0.15, 0.2) is 0 Å². The summed E-state index contributed by atoms with van der Waals surface area (Å²) in [5.74, 6) is -0.886. The molecule has 6 heteroatoms. The van der Waals surface area contributed by atoms with Crippen LogP contribution < -0.4 is 5.32 Å². The van der Waals surface area contributed by atoms with Crippen molar-refractivity contribution < 1.29 is 14.3 Å². The Morgan fingerprint density at radius 1 is 1.45 bits per heavy atom. The molecule has 116 valence electrons. The number of nitrogens with zero attached hydrogens (tertiary/aromatic N) is 2. The first-order valence-electron chi connectivity index (χ1n) is 7.15. The van der Waals surface area contributed by atoms with E-state index in [1.165, 1.54) is 6.07 Å². The van der Waals surface area contributed by atoms with E-state index in [1.807, 2.05) is 13.8 Å². The molecule has 0 bridgehead atoms. The van der Waals surface area contributed by atoms with Gasteiger partial charge in [0.1, 0.15) is 17.2 Å². The number of aromatic nitrogens is 2. The fourth-order valence-corrected chi connectivity index (χ4v) is 3.10. The van der Waals surface area contributed by atoms with Crippen LogP contribution in [0, 0.1) is 12.7 Å². The van der Waals surface area contributed by atoms with Crippen molar-refractivity contribution in [2.45, 2.75) is 38.8 Å². The van der Waals surface area contributed by atoms with Crippen LogP contribution in [0.4, 0.5) is 10.2 Å². The zero-order valence-electron chi connectivity index (χ0n) is 12.7. The zero-order chi connectivity index (χ0) is 16.1. The number of hydrogen-bond donors (Lipinski definition) is 2. The lowest BCUT2D eigenvalue weighted by atomic mass is 9.88. The summed E-state index contributed by atoms with van der Waals surface area (Å²) in [6.45, 7) is 5.62. The van der Waals surface area contributed by atoms with Gasteiger partial charge in [0.2, 0.25) is 0 Å². The molecule has 1 aromatic carbocycles. The third-order valence-electron chi connectivity index (χ3n) is 4.14. The monoisotopic (exact) mass is 303 g/mol. The van der Waals surface area contributed by atoms with Gasteiger partial charge >= 0.3 is 5.97 Å². The molecule has 0 saturated carbocycles. The van der Waals surface area contributed by atoms with Crippen molar-refractivity contribution in [3.05, 3.63) is 46.9 Å². The largest absolute Gasteiger partial charge is 0.477 e. The molecule has 2 heterocycles. The Hall–Kier alpha value is -2.37. The van der Waals surface area contributed by atoms with E-state index in [1.54, 1.807) is 29.8 Å². The average Bonchev–Trinajstić information content (AvgIpc) is 2.76. The minimum Gasteiger partial charge on any atom is -0.477 e. The van der Waals surface area contributed by atoms with Crippen molar-refractivity contribution in [2.75, 3.05) is 5.32 Å². The number of hydrogen-bond acceptors (Lipinski definition) is 3. The van der Waals surface area contributed by atoms with Gasteiger partial charge < -0.3 is 10.4 Å². The van der Waals surface area contributed by atoms with Crippen molar-refractivity contribution in [1.29, 1.82) is 0 Å². The predicted octanol–water partition coefficient (Wildman–Crippen LogP) is 3.32. The summed E-state index contributed by atoms with van der Waals surface area (Å²) in [5, 5.41) is 16.9. The predicted molar refractivity (Wildman–Crippen MR) is 80.6 cm³/mol. The normalized spacial score (nSPS) is 19.4. The molecule has 1 unspecified atom stereocenters. The molecule has 22 heavy (non-hydrogen) atoms. The number of carbonyl (C=O) groups is 1. The van der Waals surface area contributed by atoms with Crippen LogP contribution in [0.25, 0.3) is 0 Å². The number of aryl methyl sites for hydroxylation is 1. The standard InChI is InChI=1S/C16H18FN3O2/c1-9-13(15(21)22)14-18-12(8-16(2,3)20(14)19-9)10-6-4-5-7-11(10)17/h4-7,12,18H,8H2,1-3H3,(H,21,22). The molecule has 0 saturated heterocycles. The Kier molecular flexibility index (Phi) is 3.20. The smallest absolute Gasteiger partial charge is 0.341 e. The second-order valence-electron chi connectivity index (χ2n) is 6.26. The summed E-state index contributed by atoms with van der Waals surface area (Å²) in [6, 6.07) is 6.27. The Morgan fingerprint density at radius 2 is 2.14 bits per heavy atom. The van der Waals surface area contributed by atoms with E-state index in [2.05, 4.69) is 10.4 Å². The molecule has 1 aliphatic rings. The first-order chi connectivity index (χ1) is 10.3. The van der Waals surface area contributed by atoms with Crippen LogP contribution in [-0.4, -0.2) is 20.9 Å². The molecular weight excluding hydrogens is 285 g/mol. The van der Waals surface area contributed by atoms with Crippen molar-refractivity contribution in [2.24, 2.45) is 0 Å². The number of benzene rings is 1. The highest BCUT2D eigenvalue weighted by Gasteiger charge is 2.38. The van der Waals surface area contributed by atoms with Gasteiger partial charge in [-0.15, -0.1) is 0 Å². The van der Waals surface area contributed by atoms with E-state index in [0.29, 0.717) is 23.5 Å². The molecule has 2 N–H and O–H groups in total. The van der Waals surface area contributed by atoms with Crippen molar-refractivity contribution >= 4 is 11.8 Å². The summed E-state index contributed by atoms with van der Waals surface area (Å²) < 4.78 is 15.8. The highest BCUT2D eigenvalue weighted by atomic mass is 19.1. The van der Waals surface area contributed by atoms with Crippen LogP contribution in [-0.2, 0) is 5.54 Å². The van der Waals surface area contributed by atoms with Gasteiger partial charge in [-0.1, -0.05) is 18.2 Å². The molecule has 1 aliphatic heterocycles. The van der Waals surface area contributed by atoms with Crippen LogP contribution in [0.5, 0.6) is 0 Å². The van der Waals surface area contributed by atoms with Crippen LogP contribution in [0.1, 0.15) is 47.9 Å². The van der Waals surface area contributed by atoms with E-state index < -0.39 is 11.5 Å². The molecular formula is C16H18FN3O2. The van der Waals surface area contributed by atoms with Gasteiger partial charge in [-0.3, -0.25) is 0 Å². The Balaban J connectivity index is 2.12. The maximum absolute atomic E-state index is 14.1. The minimum atomic E-state index is -1.03. The van der Waals surface area contributed by atoms with E-state index in [0.717, 1.165) is 0 Å². The number of aromatic carboxylic acids is 1. The first kappa shape index (κ1) is 14.6. The van der Waals surface area contributed by atoms with Crippen LogP contribution in [0.2, 0.25) is 0 Å². The molecule has 0 fully saturated rings. The first-order valence-corrected chi connectivity index (χ1v) is 7.15. The maximum Gasteiger partial charge on any atom is 0.341 e. The van der Waals surface area contributed by atoms with Crippen molar-refractivity contribution in [1.82, 2.24) is 9.78 Å². The van der Waals surface area contributed by atoms with Crippen LogP contribution >= 0.6 is 0 Å². The lowest BCUT2D eigenvalue weighted by molar-refractivity contribution is 0.0696. The second-order valence-corrected chi connectivity index (χ2v) is 6.26. The molecule has 1 atom stereocenters. The molecule has 0 aliphatic carbocycles. The van der Waals surface area contributed by atoms with Crippen molar-refractivity contribution in [3.63, 3.8) is 0 Å². The highest BCUT2D eigenvalue weighted by molar-refractivity contribution is 5.94. The zero-order valence-corrected chi connectivity index (χ0v) is 12.7. The van der Waals surface area contributed by atoms with Gasteiger partial charge in [0.25, 0.3) is 0 Å². The topological polar surface area (TPSA) is 67.2 Å². The molecule has 1 aromatic heterocycles. The van der Waals surface area contributed by atoms with Gasteiger partial charge in [-0.25, -0.2) is 13.9 Å². The van der Waals surface area contributed by atoms with E-state index in [4.69, 9.17) is 0 Å². The average molecular weight is 303 g/mol. The van der Waals surface area contributed by atoms with E-state index >= 15 is 0 Å². The number of halogens is 1. The number of carboxylic acid groups (broad SMARTS) is 1. The van der Waals surface area contributed by atoms with Gasteiger partial charge in [0, 0.05) is 5.56 Å². The Labute approximate surface area is 127 Å². The number of nitrogens with one attached hydrogen (secondary N) is 1. The van der Waals surface area contributed by atoms with Crippen LogP contribution in [0.15, 0.2) is 24.3 Å². The summed E-state index contributed by atoms with van der Waals surface area (Å²) in [5.41, 5.74) is 0.731. The van der Waals surface area contributed by atoms with Gasteiger partial charge in [0.05, 0.1) is 17.3 Å². The number of rotatable bonds is 2. The number of carboxylic acids is 1. The summed E-state index contributed by atoms with van der Waals surface area (Å²) in [6.07, 6.45) is 0.612. The molecule has 3 rings (SSSR count). The fraction of sp³-hybridized carbons (Fsp3) is 0.375.